The second kappa shape index (κ2) is 6.34. The molecule has 0 aromatic rings. The lowest BCUT2D eigenvalue weighted by Crippen LogP contribution is -2.10. The molecule has 0 heterocycles. The monoisotopic (exact) mass is 264 g/mol. The average molecular weight is 265 g/mol. The first-order valence-electron chi connectivity index (χ1n) is 5.47. The first-order chi connectivity index (χ1) is 6.25. The van der Waals surface area contributed by atoms with Crippen LogP contribution in [-0.2, 0) is 0 Å². The summed E-state index contributed by atoms with van der Waals surface area (Å²) in [5.41, 5.74) is 0. The highest BCUT2D eigenvalue weighted by Gasteiger charge is 2.29. The van der Waals surface area contributed by atoms with Crippen LogP contribution in [0.25, 0.3) is 0 Å². The Bertz CT molecular complexity index is 138. The molecule has 1 rings (SSSR count). The largest absolute Gasteiger partial charge is 0.162 e. The van der Waals surface area contributed by atoms with Gasteiger partial charge in [-0.1, -0.05) is 29.8 Å². The lowest BCUT2D eigenvalue weighted by atomic mass is 9.94. The fourth-order valence-electron chi connectivity index (χ4n) is 2.19. The van der Waals surface area contributed by atoms with E-state index in [0.29, 0.717) is 0 Å². The Hall–Kier alpha value is 0.830. The molecule has 0 spiro atoms. The van der Waals surface area contributed by atoms with Crippen LogP contribution in [0.15, 0.2) is 0 Å². The Morgan fingerprint density at radius 3 is 2.69 bits per heavy atom. The summed E-state index contributed by atoms with van der Waals surface area (Å²) in [6, 6.07) is 0. The van der Waals surface area contributed by atoms with Crippen LogP contribution in [-0.4, -0.2) is 16.3 Å². The summed E-state index contributed by atoms with van der Waals surface area (Å²) >= 11 is 5.84. The topological polar surface area (TPSA) is 0 Å². The first-order valence-corrected chi connectivity index (χ1v) is 7.54. The molecule has 0 radical (unpaired) electrons. The van der Waals surface area contributed by atoms with Crippen molar-refractivity contribution in [3.8, 4) is 0 Å². The Balaban J connectivity index is 2.08. The van der Waals surface area contributed by atoms with Gasteiger partial charge in [-0.25, -0.2) is 0 Å². The molecule has 0 aliphatic heterocycles. The predicted octanol–water partition coefficient (Wildman–Crippen LogP) is 4.33. The van der Waals surface area contributed by atoms with Crippen LogP contribution in [0.3, 0.4) is 0 Å². The van der Waals surface area contributed by atoms with Crippen molar-refractivity contribution in [2.75, 3.05) is 11.5 Å². The van der Waals surface area contributed by atoms with Crippen LogP contribution in [0.2, 0.25) is 0 Å². The van der Waals surface area contributed by atoms with E-state index in [1.165, 1.54) is 37.2 Å². The molecule has 0 bridgehead atoms. The van der Waals surface area contributed by atoms with Crippen LogP contribution < -0.4 is 0 Å². The molecule has 13 heavy (non-hydrogen) atoms. The molecule has 3 unspecified atom stereocenters. The Kier molecular flexibility index (Phi) is 5.80. The predicted molar refractivity (Wildman–Crippen MR) is 66.8 cm³/mol. The Labute approximate surface area is 95.4 Å². The molecular formula is C11H21BrS. The van der Waals surface area contributed by atoms with Crippen molar-refractivity contribution < 1.29 is 0 Å². The zero-order valence-corrected chi connectivity index (χ0v) is 11.2. The summed E-state index contributed by atoms with van der Waals surface area (Å²) in [4.78, 5) is 0.802. The maximum atomic E-state index is 3.76. The van der Waals surface area contributed by atoms with Crippen LogP contribution in [0.5, 0.6) is 0 Å². The van der Waals surface area contributed by atoms with Gasteiger partial charge < -0.3 is 0 Å². The van der Waals surface area contributed by atoms with E-state index in [1.54, 1.807) is 0 Å². The van der Waals surface area contributed by atoms with Crippen molar-refractivity contribution in [2.45, 2.75) is 44.4 Å². The number of thioether (sulfide) groups is 1. The van der Waals surface area contributed by atoms with Gasteiger partial charge in [0.1, 0.15) is 0 Å². The van der Waals surface area contributed by atoms with Crippen molar-refractivity contribution >= 4 is 27.7 Å². The summed E-state index contributed by atoms with van der Waals surface area (Å²) in [7, 11) is 0. The molecule has 0 N–H and O–H groups in total. The molecule has 3 atom stereocenters. The van der Waals surface area contributed by atoms with Gasteiger partial charge in [-0.3, -0.25) is 0 Å². The van der Waals surface area contributed by atoms with Gasteiger partial charge in [0, 0.05) is 4.83 Å². The van der Waals surface area contributed by atoms with Crippen LogP contribution in [0, 0.1) is 11.8 Å². The zero-order valence-electron chi connectivity index (χ0n) is 8.76. The molecule has 2 heteroatoms. The summed E-state index contributed by atoms with van der Waals surface area (Å²) in [6.45, 7) is 4.65. The normalized spacial score (nSPS) is 33.9. The Morgan fingerprint density at radius 2 is 2.15 bits per heavy atom. The van der Waals surface area contributed by atoms with E-state index in [1.807, 2.05) is 0 Å². The molecular weight excluding hydrogens is 244 g/mol. The minimum Gasteiger partial charge on any atom is -0.162 e. The standard InChI is InChI=1S/C11H21BrS/c1-3-13-8-4-5-10-6-7-11(12)9(10)2/h9-11H,3-8H2,1-2H3. The molecule has 1 aliphatic rings. The van der Waals surface area contributed by atoms with Gasteiger partial charge in [0.25, 0.3) is 0 Å². The van der Waals surface area contributed by atoms with Gasteiger partial charge in [0.2, 0.25) is 0 Å². The van der Waals surface area contributed by atoms with Crippen molar-refractivity contribution in [1.29, 1.82) is 0 Å². The summed E-state index contributed by atoms with van der Waals surface area (Å²) in [5, 5.41) is 0. The second-order valence-corrected chi connectivity index (χ2v) is 6.62. The van der Waals surface area contributed by atoms with E-state index in [2.05, 4.69) is 41.5 Å². The van der Waals surface area contributed by atoms with Crippen LogP contribution >= 0.6 is 27.7 Å². The van der Waals surface area contributed by atoms with Crippen molar-refractivity contribution in [2.24, 2.45) is 11.8 Å². The van der Waals surface area contributed by atoms with Gasteiger partial charge in [-0.15, -0.1) is 0 Å². The lowest BCUT2D eigenvalue weighted by Gasteiger charge is -2.16. The smallest absolute Gasteiger partial charge is 0.0174 e. The van der Waals surface area contributed by atoms with Gasteiger partial charge >= 0.3 is 0 Å². The number of hydrogen-bond acceptors (Lipinski definition) is 1. The summed E-state index contributed by atoms with van der Waals surface area (Å²) in [5.74, 6) is 4.56. The van der Waals surface area contributed by atoms with Gasteiger partial charge in [-0.2, -0.15) is 11.8 Å². The van der Waals surface area contributed by atoms with Gasteiger partial charge in [-0.05, 0) is 49.0 Å². The van der Waals surface area contributed by atoms with E-state index in [0.717, 1.165) is 16.7 Å². The first kappa shape index (κ1) is 11.9. The van der Waals surface area contributed by atoms with E-state index in [9.17, 15) is 0 Å². The maximum Gasteiger partial charge on any atom is 0.0174 e. The van der Waals surface area contributed by atoms with Crippen LogP contribution in [0.1, 0.15) is 39.5 Å². The third kappa shape index (κ3) is 3.83. The van der Waals surface area contributed by atoms with E-state index >= 15 is 0 Å². The quantitative estimate of drug-likeness (QED) is 0.526. The molecule has 0 amide bonds. The van der Waals surface area contributed by atoms with Crippen molar-refractivity contribution in [3.63, 3.8) is 0 Å². The number of hydrogen-bond donors (Lipinski definition) is 0. The molecule has 0 aromatic carbocycles. The molecule has 0 saturated heterocycles. The minimum absolute atomic E-state index is 0.802. The summed E-state index contributed by atoms with van der Waals surface area (Å²) < 4.78 is 0. The highest BCUT2D eigenvalue weighted by Crippen LogP contribution is 2.38. The third-order valence-electron chi connectivity index (χ3n) is 3.20. The van der Waals surface area contributed by atoms with E-state index < -0.39 is 0 Å². The lowest BCUT2D eigenvalue weighted by molar-refractivity contribution is 0.394. The van der Waals surface area contributed by atoms with E-state index in [4.69, 9.17) is 0 Å². The molecule has 78 valence electrons. The fraction of sp³-hybridized carbons (Fsp3) is 1.00. The highest BCUT2D eigenvalue weighted by molar-refractivity contribution is 9.09. The summed E-state index contributed by atoms with van der Waals surface area (Å²) in [6.07, 6.45) is 5.73. The number of halogens is 1. The number of alkyl halides is 1. The fourth-order valence-corrected chi connectivity index (χ4v) is 3.55. The third-order valence-corrected chi connectivity index (χ3v) is 5.47. The molecule has 0 nitrogen and oxygen atoms in total. The zero-order chi connectivity index (χ0) is 9.68. The maximum absolute atomic E-state index is 3.76. The van der Waals surface area contributed by atoms with Crippen molar-refractivity contribution in [1.82, 2.24) is 0 Å². The average Bonchev–Trinajstić information content (AvgIpc) is 2.43. The van der Waals surface area contributed by atoms with Gasteiger partial charge in [0.15, 0.2) is 0 Å². The molecule has 1 fully saturated rings. The Morgan fingerprint density at radius 1 is 1.38 bits per heavy atom. The minimum atomic E-state index is 0.802. The number of rotatable bonds is 5. The van der Waals surface area contributed by atoms with Crippen molar-refractivity contribution in [3.05, 3.63) is 0 Å². The SMILES string of the molecule is CCSCCCC1CCC(Br)C1C. The van der Waals surface area contributed by atoms with E-state index in [-0.39, 0.29) is 0 Å². The second-order valence-electron chi connectivity index (χ2n) is 4.05. The molecule has 1 aliphatic carbocycles. The van der Waals surface area contributed by atoms with Crippen LogP contribution in [0.4, 0.5) is 0 Å². The molecule has 0 aromatic heterocycles. The molecule has 1 saturated carbocycles. The highest BCUT2D eigenvalue weighted by atomic mass is 79.9. The van der Waals surface area contributed by atoms with Gasteiger partial charge in [0.05, 0.1) is 0 Å².